The van der Waals surface area contributed by atoms with Crippen LogP contribution in [0.4, 0.5) is 5.69 Å². The van der Waals surface area contributed by atoms with E-state index in [1.165, 1.54) is 0 Å². The Balaban J connectivity index is 2.58. The molecule has 100 valence electrons. The van der Waals surface area contributed by atoms with Crippen LogP contribution in [0, 0.1) is 0 Å². The lowest BCUT2D eigenvalue weighted by atomic mass is 10.1. The van der Waals surface area contributed by atoms with E-state index in [0.717, 1.165) is 11.3 Å². The van der Waals surface area contributed by atoms with Crippen molar-refractivity contribution in [1.82, 2.24) is 10.2 Å². The van der Waals surface area contributed by atoms with Crippen LogP contribution >= 0.6 is 0 Å². The third kappa shape index (κ3) is 4.37. The second kappa shape index (κ2) is 6.40. The Bertz CT molecular complexity index is 387. The number of amides is 1. The molecule has 0 radical (unpaired) electrons. The number of nitrogens with two attached hydrogens (primary N) is 1. The van der Waals surface area contributed by atoms with Gasteiger partial charge in [0.1, 0.15) is 0 Å². The van der Waals surface area contributed by atoms with E-state index >= 15 is 0 Å². The minimum atomic E-state index is 0.0507. The van der Waals surface area contributed by atoms with E-state index in [2.05, 4.69) is 12.2 Å². The Kier molecular flexibility index (Phi) is 5.16. The van der Waals surface area contributed by atoms with Gasteiger partial charge in [0, 0.05) is 17.8 Å². The lowest BCUT2D eigenvalue weighted by Crippen LogP contribution is -2.39. The fourth-order valence-corrected chi connectivity index (χ4v) is 1.76. The van der Waals surface area contributed by atoms with Gasteiger partial charge in [-0.2, -0.15) is 0 Å². The molecule has 0 aromatic heterocycles. The molecule has 0 aliphatic heterocycles. The van der Waals surface area contributed by atoms with Crippen molar-refractivity contribution < 1.29 is 4.79 Å². The number of carbonyl (C=O) groups is 1. The van der Waals surface area contributed by atoms with E-state index in [-0.39, 0.29) is 18.0 Å². The van der Waals surface area contributed by atoms with Crippen LogP contribution < -0.4 is 11.1 Å². The lowest BCUT2D eigenvalue weighted by Gasteiger charge is -2.25. The number of benzene rings is 1. The molecule has 0 saturated heterocycles. The summed E-state index contributed by atoms with van der Waals surface area (Å²) in [7, 11) is 1.95. The highest BCUT2D eigenvalue weighted by atomic mass is 16.2. The summed E-state index contributed by atoms with van der Waals surface area (Å²) in [5.74, 6) is 0.0507. The number of likely N-dealkylation sites (N-methyl/N-ethyl adjacent to an activating group) is 1. The van der Waals surface area contributed by atoms with Gasteiger partial charge in [0.2, 0.25) is 5.91 Å². The van der Waals surface area contributed by atoms with Crippen molar-refractivity contribution in [2.45, 2.75) is 32.9 Å². The normalized spacial score (nSPS) is 12.8. The molecule has 18 heavy (non-hydrogen) atoms. The largest absolute Gasteiger partial charge is 0.399 e. The molecule has 0 fully saturated rings. The smallest absolute Gasteiger partial charge is 0.234 e. The van der Waals surface area contributed by atoms with Crippen molar-refractivity contribution in [3.05, 3.63) is 29.8 Å². The summed E-state index contributed by atoms with van der Waals surface area (Å²) in [5, 5.41) is 2.89. The summed E-state index contributed by atoms with van der Waals surface area (Å²) < 4.78 is 0. The molecule has 0 saturated carbocycles. The highest BCUT2D eigenvalue weighted by Crippen LogP contribution is 2.19. The Morgan fingerprint density at radius 2 is 1.83 bits per heavy atom. The summed E-state index contributed by atoms with van der Waals surface area (Å²) in [6.07, 6.45) is 0. The van der Waals surface area contributed by atoms with Crippen molar-refractivity contribution in [2.75, 3.05) is 19.3 Å². The first-order valence-electron chi connectivity index (χ1n) is 6.25. The van der Waals surface area contributed by atoms with Crippen LogP contribution in [0.2, 0.25) is 0 Å². The van der Waals surface area contributed by atoms with Gasteiger partial charge in [0.25, 0.3) is 0 Å². The van der Waals surface area contributed by atoms with Gasteiger partial charge in [-0.05, 0) is 45.5 Å². The van der Waals surface area contributed by atoms with E-state index in [0.29, 0.717) is 6.54 Å². The molecule has 3 N–H and O–H groups in total. The number of nitrogens with one attached hydrogen (secondary N) is 1. The van der Waals surface area contributed by atoms with Gasteiger partial charge in [-0.1, -0.05) is 12.1 Å². The van der Waals surface area contributed by atoms with Crippen molar-refractivity contribution >= 4 is 11.6 Å². The van der Waals surface area contributed by atoms with E-state index in [4.69, 9.17) is 5.73 Å². The molecular weight excluding hydrogens is 226 g/mol. The molecule has 4 heteroatoms. The average Bonchev–Trinajstić information content (AvgIpc) is 2.27. The Morgan fingerprint density at radius 1 is 1.28 bits per heavy atom. The van der Waals surface area contributed by atoms with Gasteiger partial charge in [-0.15, -0.1) is 0 Å². The number of rotatable bonds is 5. The third-order valence-electron chi connectivity index (χ3n) is 2.92. The predicted molar refractivity (Wildman–Crippen MR) is 75.2 cm³/mol. The van der Waals surface area contributed by atoms with Crippen LogP contribution in [0.15, 0.2) is 24.3 Å². The Hall–Kier alpha value is -1.55. The molecule has 1 atom stereocenters. The number of carbonyl (C=O) groups excluding carboxylic acids is 1. The highest BCUT2D eigenvalue weighted by molar-refractivity contribution is 5.78. The van der Waals surface area contributed by atoms with Crippen LogP contribution in [-0.4, -0.2) is 30.4 Å². The van der Waals surface area contributed by atoms with Crippen molar-refractivity contribution in [3.63, 3.8) is 0 Å². The molecule has 1 unspecified atom stereocenters. The first-order chi connectivity index (χ1) is 8.40. The molecule has 0 aliphatic rings. The molecule has 0 spiro atoms. The molecule has 0 bridgehead atoms. The zero-order chi connectivity index (χ0) is 13.7. The molecule has 0 heterocycles. The van der Waals surface area contributed by atoms with Gasteiger partial charge in [-0.3, -0.25) is 9.69 Å². The van der Waals surface area contributed by atoms with E-state index in [1.807, 2.05) is 50.1 Å². The summed E-state index contributed by atoms with van der Waals surface area (Å²) >= 11 is 0. The molecule has 4 nitrogen and oxygen atoms in total. The first kappa shape index (κ1) is 14.5. The zero-order valence-electron chi connectivity index (χ0n) is 11.6. The van der Waals surface area contributed by atoms with Crippen LogP contribution in [0.1, 0.15) is 32.4 Å². The maximum atomic E-state index is 11.7. The standard InChI is InChI=1S/C14H23N3O/c1-10(2)16-14(18)9-17(4)11(3)12-5-7-13(15)8-6-12/h5-8,10-11H,9,15H2,1-4H3,(H,16,18). The Morgan fingerprint density at radius 3 is 2.33 bits per heavy atom. The minimum Gasteiger partial charge on any atom is -0.399 e. The number of hydrogen-bond acceptors (Lipinski definition) is 3. The topological polar surface area (TPSA) is 58.4 Å². The van der Waals surface area contributed by atoms with Gasteiger partial charge < -0.3 is 11.1 Å². The maximum absolute atomic E-state index is 11.7. The quantitative estimate of drug-likeness (QED) is 0.782. The summed E-state index contributed by atoms with van der Waals surface area (Å²) in [5.41, 5.74) is 7.57. The summed E-state index contributed by atoms with van der Waals surface area (Å²) in [6.45, 7) is 6.39. The van der Waals surface area contributed by atoms with Gasteiger partial charge in [0.05, 0.1) is 6.54 Å². The summed E-state index contributed by atoms with van der Waals surface area (Å²) in [6, 6.07) is 8.12. The molecule has 1 amide bonds. The van der Waals surface area contributed by atoms with E-state index in [1.54, 1.807) is 0 Å². The molecule has 1 aromatic rings. The van der Waals surface area contributed by atoms with Crippen molar-refractivity contribution in [3.8, 4) is 0 Å². The number of nitrogen functional groups attached to an aromatic ring is 1. The minimum absolute atomic E-state index is 0.0507. The van der Waals surface area contributed by atoms with Gasteiger partial charge in [-0.25, -0.2) is 0 Å². The fourth-order valence-electron chi connectivity index (χ4n) is 1.76. The lowest BCUT2D eigenvalue weighted by molar-refractivity contribution is -0.122. The molecule has 1 rings (SSSR count). The fraction of sp³-hybridized carbons (Fsp3) is 0.500. The number of anilines is 1. The maximum Gasteiger partial charge on any atom is 0.234 e. The second-order valence-corrected chi connectivity index (χ2v) is 4.98. The van der Waals surface area contributed by atoms with Gasteiger partial charge in [0.15, 0.2) is 0 Å². The monoisotopic (exact) mass is 249 g/mol. The van der Waals surface area contributed by atoms with Crippen molar-refractivity contribution in [1.29, 1.82) is 0 Å². The highest BCUT2D eigenvalue weighted by Gasteiger charge is 2.15. The predicted octanol–water partition coefficient (Wildman–Crippen LogP) is 1.79. The van der Waals surface area contributed by atoms with Crippen molar-refractivity contribution in [2.24, 2.45) is 0 Å². The average molecular weight is 249 g/mol. The van der Waals surface area contributed by atoms with Gasteiger partial charge >= 0.3 is 0 Å². The SMILES string of the molecule is CC(C)NC(=O)CN(C)C(C)c1ccc(N)cc1. The third-order valence-corrected chi connectivity index (χ3v) is 2.92. The molecular formula is C14H23N3O. The summed E-state index contributed by atoms with van der Waals surface area (Å²) in [4.78, 5) is 13.7. The number of nitrogens with zero attached hydrogens (tertiary/aromatic N) is 1. The second-order valence-electron chi connectivity index (χ2n) is 4.98. The first-order valence-corrected chi connectivity index (χ1v) is 6.25. The van der Waals surface area contributed by atoms with Crippen LogP contribution in [0.5, 0.6) is 0 Å². The van der Waals surface area contributed by atoms with E-state index in [9.17, 15) is 4.79 Å². The van der Waals surface area contributed by atoms with Crippen LogP contribution in [-0.2, 0) is 4.79 Å². The zero-order valence-corrected chi connectivity index (χ0v) is 11.6. The molecule has 0 aliphatic carbocycles. The Labute approximate surface area is 109 Å². The van der Waals surface area contributed by atoms with Crippen LogP contribution in [0.3, 0.4) is 0 Å². The number of hydrogen-bond donors (Lipinski definition) is 2. The van der Waals surface area contributed by atoms with Crippen LogP contribution in [0.25, 0.3) is 0 Å². The molecule has 1 aromatic carbocycles. The van der Waals surface area contributed by atoms with E-state index < -0.39 is 0 Å².